The number of nitrogen functional groups attached to an aromatic ring is 1. The third-order valence-corrected chi connectivity index (χ3v) is 3.30. The minimum atomic E-state index is -4.31. The second-order valence-corrected chi connectivity index (χ2v) is 4.65. The average molecular weight is 280 g/mol. The van der Waals surface area contributed by atoms with E-state index in [4.69, 9.17) is 5.73 Å². The van der Waals surface area contributed by atoms with Gasteiger partial charge in [0.1, 0.15) is 5.82 Å². The molecule has 1 aliphatic rings. The molecule has 7 heteroatoms. The first kappa shape index (κ1) is 13.9. The molecule has 1 aliphatic heterocycles. The molecule has 1 fully saturated rings. The van der Waals surface area contributed by atoms with Crippen molar-refractivity contribution < 1.29 is 22.0 Å². The number of anilines is 2. The fourth-order valence-electron chi connectivity index (χ4n) is 2.30. The molecule has 0 aromatic heterocycles. The van der Waals surface area contributed by atoms with Crippen LogP contribution < -0.4 is 10.6 Å². The molecular weight excluding hydrogens is 267 g/mol. The number of hydrogen-bond donors (Lipinski definition) is 1. The lowest BCUT2D eigenvalue weighted by molar-refractivity contribution is -0.175. The fourth-order valence-corrected chi connectivity index (χ4v) is 2.30. The van der Waals surface area contributed by atoms with Crippen LogP contribution in [0.3, 0.4) is 0 Å². The van der Waals surface area contributed by atoms with Crippen LogP contribution in [0, 0.1) is 17.6 Å². The van der Waals surface area contributed by atoms with Gasteiger partial charge in [-0.1, -0.05) is 0 Å². The number of hydrogen-bond acceptors (Lipinski definition) is 2. The van der Waals surface area contributed by atoms with E-state index in [-0.39, 0.29) is 24.3 Å². The van der Waals surface area contributed by atoms with Gasteiger partial charge < -0.3 is 10.6 Å². The first-order valence-electron chi connectivity index (χ1n) is 5.85. The molecule has 1 heterocycles. The van der Waals surface area contributed by atoms with Crippen molar-refractivity contribution in [2.24, 2.45) is 5.92 Å². The highest BCUT2D eigenvalue weighted by Crippen LogP contribution is 2.37. The third-order valence-electron chi connectivity index (χ3n) is 3.30. The van der Waals surface area contributed by atoms with Gasteiger partial charge in [-0.2, -0.15) is 13.2 Å². The molecule has 0 radical (unpaired) electrons. The van der Waals surface area contributed by atoms with E-state index in [0.29, 0.717) is 19.0 Å². The van der Waals surface area contributed by atoms with Gasteiger partial charge >= 0.3 is 6.18 Å². The molecule has 1 saturated heterocycles. The summed E-state index contributed by atoms with van der Waals surface area (Å²) in [5, 5.41) is 0. The van der Waals surface area contributed by atoms with E-state index in [1.54, 1.807) is 0 Å². The fraction of sp³-hybridized carbons (Fsp3) is 0.500. The van der Waals surface area contributed by atoms with Crippen molar-refractivity contribution >= 4 is 11.4 Å². The summed E-state index contributed by atoms with van der Waals surface area (Å²) in [6.07, 6.45) is -3.97. The topological polar surface area (TPSA) is 29.3 Å². The van der Waals surface area contributed by atoms with Crippen LogP contribution in [0.25, 0.3) is 0 Å². The van der Waals surface area contributed by atoms with Crippen molar-refractivity contribution in [1.29, 1.82) is 0 Å². The SMILES string of the molecule is Nc1c(F)cc(F)cc1N1CCCC(C(F)(F)F)C1. The molecule has 1 unspecified atom stereocenters. The molecule has 0 spiro atoms. The summed E-state index contributed by atoms with van der Waals surface area (Å²) in [7, 11) is 0. The van der Waals surface area contributed by atoms with Gasteiger partial charge in [-0.25, -0.2) is 8.78 Å². The van der Waals surface area contributed by atoms with Crippen LogP contribution in [0.15, 0.2) is 12.1 Å². The lowest BCUT2D eigenvalue weighted by atomic mass is 9.97. The number of alkyl halides is 3. The van der Waals surface area contributed by atoms with Crippen molar-refractivity contribution in [3.63, 3.8) is 0 Å². The second kappa shape index (κ2) is 4.86. The Labute approximate surface area is 107 Å². The van der Waals surface area contributed by atoms with Crippen molar-refractivity contribution in [1.82, 2.24) is 0 Å². The quantitative estimate of drug-likeness (QED) is 0.631. The van der Waals surface area contributed by atoms with Crippen LogP contribution in [0.4, 0.5) is 33.3 Å². The molecule has 106 valence electrons. The number of rotatable bonds is 1. The first-order chi connectivity index (χ1) is 8.79. The van der Waals surface area contributed by atoms with Gasteiger partial charge in [-0.15, -0.1) is 0 Å². The molecule has 1 atom stereocenters. The predicted molar refractivity (Wildman–Crippen MR) is 61.8 cm³/mol. The van der Waals surface area contributed by atoms with E-state index < -0.39 is 23.7 Å². The van der Waals surface area contributed by atoms with Crippen LogP contribution >= 0.6 is 0 Å². The largest absolute Gasteiger partial charge is 0.395 e. The van der Waals surface area contributed by atoms with E-state index in [9.17, 15) is 22.0 Å². The summed E-state index contributed by atoms with van der Waals surface area (Å²) < 4.78 is 64.5. The van der Waals surface area contributed by atoms with Gasteiger partial charge in [-0.3, -0.25) is 0 Å². The Morgan fingerprint density at radius 2 is 1.89 bits per heavy atom. The Balaban J connectivity index is 2.27. The Hall–Kier alpha value is -1.53. The molecule has 1 aromatic rings. The highest BCUT2D eigenvalue weighted by molar-refractivity contribution is 5.68. The van der Waals surface area contributed by atoms with E-state index in [1.807, 2.05) is 0 Å². The lowest BCUT2D eigenvalue weighted by Gasteiger charge is -2.35. The Morgan fingerprint density at radius 1 is 1.21 bits per heavy atom. The van der Waals surface area contributed by atoms with E-state index in [2.05, 4.69) is 0 Å². The summed E-state index contributed by atoms with van der Waals surface area (Å²) in [5.74, 6) is -3.30. The number of nitrogens with zero attached hydrogens (tertiary/aromatic N) is 1. The van der Waals surface area contributed by atoms with Gasteiger partial charge in [-0.05, 0) is 18.9 Å². The zero-order chi connectivity index (χ0) is 14.2. The molecule has 19 heavy (non-hydrogen) atoms. The van der Waals surface area contributed by atoms with Crippen LogP contribution in [0.2, 0.25) is 0 Å². The highest BCUT2D eigenvalue weighted by atomic mass is 19.4. The first-order valence-corrected chi connectivity index (χ1v) is 5.85. The molecule has 2 nitrogen and oxygen atoms in total. The Bertz CT molecular complexity index is 472. The normalized spacial score (nSPS) is 20.7. The second-order valence-electron chi connectivity index (χ2n) is 4.65. The van der Waals surface area contributed by atoms with E-state index in [0.717, 1.165) is 6.07 Å². The maximum absolute atomic E-state index is 13.3. The molecule has 2 rings (SSSR count). The zero-order valence-corrected chi connectivity index (χ0v) is 9.97. The maximum atomic E-state index is 13.3. The molecule has 2 N–H and O–H groups in total. The van der Waals surface area contributed by atoms with Crippen LogP contribution in [-0.4, -0.2) is 19.3 Å². The predicted octanol–water partition coefficient (Wildman–Crippen LogP) is 3.33. The highest BCUT2D eigenvalue weighted by Gasteiger charge is 2.42. The van der Waals surface area contributed by atoms with Crippen molar-refractivity contribution in [3.8, 4) is 0 Å². The molecule has 1 aromatic carbocycles. The zero-order valence-electron chi connectivity index (χ0n) is 9.97. The minimum absolute atomic E-state index is 0.00792. The van der Waals surface area contributed by atoms with Crippen LogP contribution in [0.5, 0.6) is 0 Å². The summed E-state index contributed by atoms with van der Waals surface area (Å²) in [6, 6.07) is 1.58. The Kier molecular flexibility index (Phi) is 3.56. The van der Waals surface area contributed by atoms with Crippen LogP contribution in [0.1, 0.15) is 12.8 Å². The van der Waals surface area contributed by atoms with Gasteiger partial charge in [0, 0.05) is 19.2 Å². The number of halogens is 5. The number of piperidine rings is 1. The molecule has 0 amide bonds. The maximum Gasteiger partial charge on any atom is 0.393 e. The van der Waals surface area contributed by atoms with Crippen molar-refractivity contribution in [2.75, 3.05) is 23.7 Å². The van der Waals surface area contributed by atoms with Crippen molar-refractivity contribution in [3.05, 3.63) is 23.8 Å². The van der Waals surface area contributed by atoms with Gasteiger partial charge in [0.25, 0.3) is 0 Å². The summed E-state index contributed by atoms with van der Waals surface area (Å²) in [5.41, 5.74) is 5.15. The molecule has 0 saturated carbocycles. The van der Waals surface area contributed by atoms with Gasteiger partial charge in [0.2, 0.25) is 0 Å². The van der Waals surface area contributed by atoms with Gasteiger partial charge in [0.15, 0.2) is 5.82 Å². The summed E-state index contributed by atoms with van der Waals surface area (Å²) in [4.78, 5) is 1.29. The van der Waals surface area contributed by atoms with E-state index >= 15 is 0 Å². The van der Waals surface area contributed by atoms with Crippen LogP contribution in [-0.2, 0) is 0 Å². The standard InChI is InChI=1S/C12H13F5N2/c13-8-4-9(14)11(18)10(5-8)19-3-1-2-7(6-19)12(15,16)17/h4-5,7H,1-3,6,18H2. The van der Waals surface area contributed by atoms with E-state index in [1.165, 1.54) is 4.90 Å². The Morgan fingerprint density at radius 3 is 2.53 bits per heavy atom. The average Bonchev–Trinajstić information content (AvgIpc) is 2.33. The lowest BCUT2D eigenvalue weighted by Crippen LogP contribution is -2.42. The van der Waals surface area contributed by atoms with Crippen molar-refractivity contribution in [2.45, 2.75) is 19.0 Å². The smallest absolute Gasteiger partial charge is 0.393 e. The summed E-state index contributed by atoms with van der Waals surface area (Å²) >= 11 is 0. The summed E-state index contributed by atoms with van der Waals surface area (Å²) in [6.45, 7) is -0.0176. The monoisotopic (exact) mass is 280 g/mol. The molecule has 0 aliphatic carbocycles. The number of nitrogens with two attached hydrogens (primary N) is 1. The molecular formula is C12H13F5N2. The number of benzene rings is 1. The van der Waals surface area contributed by atoms with Gasteiger partial charge in [0.05, 0.1) is 17.3 Å². The molecule has 0 bridgehead atoms. The minimum Gasteiger partial charge on any atom is -0.395 e. The third kappa shape index (κ3) is 2.90.